The Labute approximate surface area is 93.0 Å². The van der Waals surface area contributed by atoms with E-state index in [0.29, 0.717) is 0 Å². The van der Waals surface area contributed by atoms with Gasteiger partial charge in [-0.1, -0.05) is 23.8 Å². The zero-order valence-corrected chi connectivity index (χ0v) is 8.82. The average molecular weight is 210 g/mol. The summed E-state index contributed by atoms with van der Waals surface area (Å²) in [5.41, 5.74) is 2.59. The molecule has 1 N–H and O–H groups in total. The van der Waals surface area contributed by atoms with Crippen LogP contribution >= 0.6 is 0 Å². The number of nitrogens with one attached hydrogen (secondary N) is 1. The molecular formula is C13H10N2O. The molecule has 3 heteroatoms. The molecule has 0 fully saturated rings. The van der Waals surface area contributed by atoms with Crippen LogP contribution < -0.4 is 5.56 Å². The first kappa shape index (κ1) is 10.2. The fraction of sp³-hybridized carbons (Fsp3) is 0.0769. The van der Waals surface area contributed by atoms with Gasteiger partial charge in [-0.3, -0.25) is 4.79 Å². The lowest BCUT2D eigenvalue weighted by Gasteiger charge is -2.02. The number of aryl methyl sites for hydroxylation is 1. The van der Waals surface area contributed by atoms with E-state index in [1.54, 1.807) is 6.07 Å². The Morgan fingerprint density at radius 2 is 2.06 bits per heavy atom. The molecule has 1 aromatic carbocycles. The van der Waals surface area contributed by atoms with E-state index >= 15 is 0 Å². The topological polar surface area (TPSA) is 56.6 Å². The molecule has 16 heavy (non-hydrogen) atoms. The molecule has 0 aliphatic carbocycles. The minimum absolute atomic E-state index is 0.136. The van der Waals surface area contributed by atoms with Crippen LogP contribution in [0.3, 0.4) is 0 Å². The van der Waals surface area contributed by atoms with Crippen molar-refractivity contribution in [2.45, 2.75) is 6.92 Å². The van der Waals surface area contributed by atoms with Gasteiger partial charge in [0.25, 0.3) is 5.56 Å². The van der Waals surface area contributed by atoms with Crippen molar-refractivity contribution in [3.05, 3.63) is 57.9 Å². The molecule has 0 atom stereocenters. The van der Waals surface area contributed by atoms with Crippen LogP contribution in [0, 0.1) is 18.3 Å². The maximum Gasteiger partial charge on any atom is 0.266 e. The molecule has 0 aliphatic rings. The lowest BCUT2D eigenvalue weighted by atomic mass is 10.1. The van der Waals surface area contributed by atoms with Gasteiger partial charge in [0.05, 0.1) is 0 Å². The Hall–Kier alpha value is -2.34. The van der Waals surface area contributed by atoms with Gasteiger partial charge in [0, 0.05) is 5.69 Å². The van der Waals surface area contributed by atoms with Crippen LogP contribution in [0.15, 0.2) is 41.2 Å². The summed E-state index contributed by atoms with van der Waals surface area (Å²) in [6.45, 7) is 1.99. The molecule has 0 radical (unpaired) electrons. The maximum atomic E-state index is 11.5. The van der Waals surface area contributed by atoms with Gasteiger partial charge >= 0.3 is 0 Å². The highest BCUT2D eigenvalue weighted by Crippen LogP contribution is 2.16. The summed E-state index contributed by atoms with van der Waals surface area (Å²) in [4.78, 5) is 14.1. The van der Waals surface area contributed by atoms with Gasteiger partial charge < -0.3 is 4.98 Å². The Morgan fingerprint density at radius 1 is 1.25 bits per heavy atom. The highest BCUT2D eigenvalue weighted by atomic mass is 16.1. The van der Waals surface area contributed by atoms with E-state index in [9.17, 15) is 4.79 Å². The van der Waals surface area contributed by atoms with Crippen LogP contribution in [0.5, 0.6) is 0 Å². The first-order valence-corrected chi connectivity index (χ1v) is 4.91. The van der Waals surface area contributed by atoms with E-state index in [2.05, 4.69) is 4.98 Å². The van der Waals surface area contributed by atoms with Crippen molar-refractivity contribution < 1.29 is 0 Å². The fourth-order valence-corrected chi connectivity index (χ4v) is 1.54. The average Bonchev–Trinajstić information content (AvgIpc) is 2.29. The normalized spacial score (nSPS) is 9.75. The van der Waals surface area contributed by atoms with E-state index in [-0.39, 0.29) is 11.1 Å². The number of hydrogen-bond donors (Lipinski definition) is 1. The van der Waals surface area contributed by atoms with E-state index < -0.39 is 0 Å². The molecule has 0 saturated carbocycles. The lowest BCUT2D eigenvalue weighted by Crippen LogP contribution is -2.10. The predicted molar refractivity (Wildman–Crippen MR) is 62.0 cm³/mol. The first-order valence-electron chi connectivity index (χ1n) is 4.91. The number of rotatable bonds is 1. The molecule has 78 valence electrons. The summed E-state index contributed by atoms with van der Waals surface area (Å²) in [5, 5.41) is 8.65. The summed E-state index contributed by atoms with van der Waals surface area (Å²) in [6.07, 6.45) is 0. The molecule has 1 heterocycles. The van der Waals surface area contributed by atoms with Crippen molar-refractivity contribution >= 4 is 0 Å². The van der Waals surface area contributed by atoms with E-state index in [1.807, 2.05) is 37.3 Å². The highest BCUT2D eigenvalue weighted by molar-refractivity contribution is 5.60. The minimum Gasteiger partial charge on any atom is -0.321 e. The Morgan fingerprint density at radius 3 is 2.69 bits per heavy atom. The summed E-state index contributed by atoms with van der Waals surface area (Å²) < 4.78 is 0. The van der Waals surface area contributed by atoms with Crippen molar-refractivity contribution in [3.8, 4) is 17.3 Å². The Bertz CT molecular complexity index is 620. The van der Waals surface area contributed by atoms with Crippen LogP contribution in [-0.2, 0) is 0 Å². The number of aromatic amines is 1. The number of aromatic nitrogens is 1. The first-order chi connectivity index (χ1) is 7.70. The molecule has 2 rings (SSSR count). The minimum atomic E-state index is -0.346. The van der Waals surface area contributed by atoms with Crippen LogP contribution in [0.25, 0.3) is 11.3 Å². The van der Waals surface area contributed by atoms with Gasteiger partial charge in [0.1, 0.15) is 11.6 Å². The Balaban J connectivity index is 2.55. The molecule has 0 amide bonds. The number of pyridine rings is 1. The summed E-state index contributed by atoms with van der Waals surface area (Å²) in [6, 6.07) is 13.0. The zero-order chi connectivity index (χ0) is 11.5. The quantitative estimate of drug-likeness (QED) is 0.784. The number of benzene rings is 1. The van der Waals surface area contributed by atoms with Gasteiger partial charge in [-0.15, -0.1) is 0 Å². The smallest absolute Gasteiger partial charge is 0.266 e. The lowest BCUT2D eigenvalue weighted by molar-refractivity contribution is 1.21. The second kappa shape index (κ2) is 4.03. The van der Waals surface area contributed by atoms with E-state index in [0.717, 1.165) is 16.8 Å². The van der Waals surface area contributed by atoms with Crippen molar-refractivity contribution in [2.75, 3.05) is 0 Å². The third-order valence-electron chi connectivity index (χ3n) is 2.36. The van der Waals surface area contributed by atoms with E-state index in [4.69, 9.17) is 5.26 Å². The summed E-state index contributed by atoms with van der Waals surface area (Å²) in [7, 11) is 0. The molecule has 0 saturated heterocycles. The van der Waals surface area contributed by atoms with Crippen molar-refractivity contribution in [3.63, 3.8) is 0 Å². The predicted octanol–water partition coefficient (Wildman–Crippen LogP) is 2.22. The highest BCUT2D eigenvalue weighted by Gasteiger charge is 2.02. The third-order valence-corrected chi connectivity index (χ3v) is 2.36. The number of H-pyrrole nitrogens is 1. The van der Waals surface area contributed by atoms with Gasteiger partial charge in [-0.25, -0.2) is 0 Å². The number of nitrogens with zero attached hydrogens (tertiary/aromatic N) is 1. The molecule has 3 nitrogen and oxygen atoms in total. The fourth-order valence-electron chi connectivity index (χ4n) is 1.54. The van der Waals surface area contributed by atoms with E-state index in [1.165, 1.54) is 6.07 Å². The second-order valence-electron chi connectivity index (χ2n) is 3.60. The van der Waals surface area contributed by atoms with Gasteiger partial charge in [0.2, 0.25) is 0 Å². The molecule has 0 unspecified atom stereocenters. The second-order valence-corrected chi connectivity index (χ2v) is 3.60. The van der Waals surface area contributed by atoms with Gasteiger partial charge in [-0.05, 0) is 30.7 Å². The molecule has 0 aliphatic heterocycles. The maximum absolute atomic E-state index is 11.5. The van der Waals surface area contributed by atoms with Crippen LogP contribution in [0.1, 0.15) is 11.1 Å². The van der Waals surface area contributed by atoms with Crippen LogP contribution in [0.4, 0.5) is 0 Å². The Kier molecular flexibility index (Phi) is 2.57. The van der Waals surface area contributed by atoms with Crippen LogP contribution in [-0.4, -0.2) is 4.98 Å². The van der Waals surface area contributed by atoms with Crippen molar-refractivity contribution in [1.29, 1.82) is 5.26 Å². The van der Waals surface area contributed by atoms with Crippen molar-refractivity contribution in [2.24, 2.45) is 0 Å². The molecule has 0 spiro atoms. The third kappa shape index (κ3) is 1.86. The molecule has 2 aromatic rings. The largest absolute Gasteiger partial charge is 0.321 e. The SMILES string of the molecule is Cc1cccc(-c2ccc(C#N)c(=O)[nH]2)c1. The monoisotopic (exact) mass is 210 g/mol. The van der Waals surface area contributed by atoms with Gasteiger partial charge in [0.15, 0.2) is 0 Å². The standard InChI is InChI=1S/C13H10N2O/c1-9-3-2-4-10(7-9)12-6-5-11(8-14)13(16)15-12/h2-7H,1H3,(H,15,16). The number of hydrogen-bond acceptors (Lipinski definition) is 2. The zero-order valence-electron chi connectivity index (χ0n) is 8.82. The number of nitriles is 1. The van der Waals surface area contributed by atoms with Crippen LogP contribution in [0.2, 0.25) is 0 Å². The summed E-state index contributed by atoms with van der Waals surface area (Å²) in [5.74, 6) is 0. The molecule has 1 aromatic heterocycles. The van der Waals surface area contributed by atoms with Gasteiger partial charge in [-0.2, -0.15) is 5.26 Å². The summed E-state index contributed by atoms with van der Waals surface area (Å²) >= 11 is 0. The van der Waals surface area contributed by atoms with Crippen molar-refractivity contribution in [1.82, 2.24) is 4.98 Å². The molecule has 0 bridgehead atoms. The molecular weight excluding hydrogens is 200 g/mol.